The number of aromatic nitrogens is 2. The van der Waals surface area contributed by atoms with Gasteiger partial charge < -0.3 is 14.4 Å². The molecule has 2 atom stereocenters. The smallest absolute Gasteiger partial charge is 0.410 e. The van der Waals surface area contributed by atoms with Crippen LogP contribution in [-0.2, 0) is 11.3 Å². The molecule has 2 aliphatic rings. The summed E-state index contributed by atoms with van der Waals surface area (Å²) in [7, 11) is 0. The lowest BCUT2D eigenvalue weighted by atomic mass is 10.0. The van der Waals surface area contributed by atoms with Crippen molar-refractivity contribution >= 4 is 6.09 Å². The van der Waals surface area contributed by atoms with Gasteiger partial charge in [0.2, 0.25) is 0 Å². The molecule has 2 bridgehead atoms. The molecule has 2 aromatic heterocycles. The highest BCUT2D eigenvalue weighted by molar-refractivity contribution is 5.69. The number of hydrogen-bond donors (Lipinski definition) is 0. The number of nitrogens with zero attached hydrogens (tertiary/aromatic N) is 3. The summed E-state index contributed by atoms with van der Waals surface area (Å²) in [6, 6.07) is 9.73. The zero-order valence-electron chi connectivity index (χ0n) is 14.0. The Morgan fingerprint density at radius 2 is 1.84 bits per heavy atom. The Morgan fingerprint density at radius 3 is 2.52 bits per heavy atom. The molecule has 2 fully saturated rings. The molecule has 2 saturated heterocycles. The first-order valence-corrected chi connectivity index (χ1v) is 8.71. The highest BCUT2D eigenvalue weighted by Gasteiger charge is 2.44. The van der Waals surface area contributed by atoms with E-state index in [1.54, 1.807) is 18.6 Å². The molecule has 0 aromatic carbocycles. The third kappa shape index (κ3) is 3.57. The maximum atomic E-state index is 12.5. The number of carbonyl (C=O) groups is 1. The van der Waals surface area contributed by atoms with E-state index in [0.29, 0.717) is 0 Å². The van der Waals surface area contributed by atoms with Gasteiger partial charge in [0.15, 0.2) is 0 Å². The van der Waals surface area contributed by atoms with Gasteiger partial charge in [-0.25, -0.2) is 4.79 Å². The number of rotatable bonds is 4. The van der Waals surface area contributed by atoms with Crippen molar-refractivity contribution in [1.29, 1.82) is 0 Å². The van der Waals surface area contributed by atoms with Crippen LogP contribution in [0.2, 0.25) is 0 Å². The van der Waals surface area contributed by atoms with Crippen LogP contribution >= 0.6 is 0 Å². The zero-order chi connectivity index (χ0) is 17.1. The van der Waals surface area contributed by atoms with E-state index in [9.17, 15) is 4.79 Å². The van der Waals surface area contributed by atoms with Gasteiger partial charge in [-0.15, -0.1) is 0 Å². The molecule has 0 saturated carbocycles. The van der Waals surface area contributed by atoms with Crippen LogP contribution in [0.25, 0.3) is 0 Å². The van der Waals surface area contributed by atoms with Gasteiger partial charge in [-0.3, -0.25) is 9.97 Å². The van der Waals surface area contributed by atoms with Gasteiger partial charge in [-0.05, 0) is 37.1 Å². The highest BCUT2D eigenvalue weighted by Crippen LogP contribution is 2.37. The Labute approximate surface area is 146 Å². The Hall–Kier alpha value is -2.63. The second-order valence-electron chi connectivity index (χ2n) is 6.56. The number of carbonyl (C=O) groups excluding carboxylic acids is 1. The number of piperidine rings is 1. The summed E-state index contributed by atoms with van der Waals surface area (Å²) in [4.78, 5) is 22.6. The predicted molar refractivity (Wildman–Crippen MR) is 91.0 cm³/mol. The molecule has 0 radical (unpaired) electrons. The molecule has 1 amide bonds. The fourth-order valence-corrected chi connectivity index (χ4v) is 3.82. The van der Waals surface area contributed by atoms with Crippen molar-refractivity contribution in [1.82, 2.24) is 14.9 Å². The summed E-state index contributed by atoms with van der Waals surface area (Å²) in [6.07, 6.45) is 8.78. The van der Waals surface area contributed by atoms with E-state index >= 15 is 0 Å². The molecular formula is C19H21N3O3. The van der Waals surface area contributed by atoms with Gasteiger partial charge >= 0.3 is 6.09 Å². The summed E-state index contributed by atoms with van der Waals surface area (Å²) in [5, 5.41) is 0. The number of hydrogen-bond acceptors (Lipinski definition) is 5. The molecule has 2 aliphatic heterocycles. The van der Waals surface area contributed by atoms with Gasteiger partial charge in [0.05, 0.1) is 5.69 Å². The number of pyridine rings is 2. The van der Waals surface area contributed by atoms with Crippen molar-refractivity contribution < 1.29 is 14.3 Å². The van der Waals surface area contributed by atoms with Crippen LogP contribution in [-0.4, -0.2) is 39.1 Å². The standard InChI is InChI=1S/C19H21N3O3/c23-19(24-13-14-3-1-2-8-21-14)22-15-4-5-16(22)12-18(11-15)25-17-6-9-20-10-7-17/h1-3,6-10,15-16,18H,4-5,11-13H2. The minimum atomic E-state index is -0.236. The van der Waals surface area contributed by atoms with Crippen molar-refractivity contribution in [3.63, 3.8) is 0 Å². The van der Waals surface area contributed by atoms with E-state index in [2.05, 4.69) is 9.97 Å². The lowest BCUT2D eigenvalue weighted by molar-refractivity contribution is 0.0300. The van der Waals surface area contributed by atoms with Crippen LogP contribution in [0.15, 0.2) is 48.9 Å². The van der Waals surface area contributed by atoms with Gasteiger partial charge in [0, 0.05) is 43.5 Å². The van der Waals surface area contributed by atoms with Crippen molar-refractivity contribution in [2.24, 2.45) is 0 Å². The molecule has 2 aromatic rings. The van der Waals surface area contributed by atoms with Crippen LogP contribution in [0.1, 0.15) is 31.4 Å². The second kappa shape index (κ2) is 7.09. The Balaban J connectivity index is 1.34. The number of fused-ring (bicyclic) bond motifs is 2. The largest absolute Gasteiger partial charge is 0.490 e. The summed E-state index contributed by atoms with van der Waals surface area (Å²) < 4.78 is 11.5. The lowest BCUT2D eigenvalue weighted by Crippen LogP contribution is -2.49. The van der Waals surface area contributed by atoms with Crippen molar-refractivity contribution in [2.45, 2.75) is 50.5 Å². The third-order valence-corrected chi connectivity index (χ3v) is 4.92. The third-order valence-electron chi connectivity index (χ3n) is 4.92. The topological polar surface area (TPSA) is 64.5 Å². The van der Waals surface area contributed by atoms with Gasteiger partial charge in [-0.2, -0.15) is 0 Å². The molecule has 6 nitrogen and oxygen atoms in total. The molecule has 4 rings (SSSR count). The normalized spacial score (nSPS) is 24.8. The first kappa shape index (κ1) is 15.9. The maximum Gasteiger partial charge on any atom is 0.410 e. The molecule has 2 unspecified atom stereocenters. The Bertz CT molecular complexity index is 696. The highest BCUT2D eigenvalue weighted by atomic mass is 16.6. The Kier molecular flexibility index (Phi) is 4.50. The van der Waals surface area contributed by atoms with Crippen LogP contribution in [0.3, 0.4) is 0 Å². The second-order valence-corrected chi connectivity index (χ2v) is 6.56. The first-order valence-electron chi connectivity index (χ1n) is 8.71. The van der Waals surface area contributed by atoms with Gasteiger partial charge in [0.25, 0.3) is 0 Å². The minimum Gasteiger partial charge on any atom is -0.490 e. The lowest BCUT2D eigenvalue weighted by Gasteiger charge is -2.38. The summed E-state index contributed by atoms with van der Waals surface area (Å²) in [6.45, 7) is 0.215. The zero-order valence-corrected chi connectivity index (χ0v) is 14.0. The summed E-state index contributed by atoms with van der Waals surface area (Å²) in [5.41, 5.74) is 0.763. The number of ether oxygens (including phenoxy) is 2. The molecule has 130 valence electrons. The van der Waals surface area contributed by atoms with E-state index in [1.165, 1.54) is 0 Å². The predicted octanol–water partition coefficient (Wildman–Crippen LogP) is 3.19. The molecule has 0 spiro atoms. The molecule has 0 aliphatic carbocycles. The molecule has 6 heteroatoms. The molecule has 4 heterocycles. The molecule has 25 heavy (non-hydrogen) atoms. The number of amides is 1. The van der Waals surface area contributed by atoms with Crippen LogP contribution in [0.5, 0.6) is 5.75 Å². The maximum absolute atomic E-state index is 12.5. The van der Waals surface area contributed by atoms with Crippen molar-refractivity contribution in [2.75, 3.05) is 0 Å². The monoisotopic (exact) mass is 339 g/mol. The summed E-state index contributed by atoms with van der Waals surface area (Å²) >= 11 is 0. The fraction of sp³-hybridized carbons (Fsp3) is 0.421. The summed E-state index contributed by atoms with van der Waals surface area (Å²) in [5.74, 6) is 0.838. The van der Waals surface area contributed by atoms with E-state index in [4.69, 9.17) is 9.47 Å². The van der Waals surface area contributed by atoms with Crippen LogP contribution in [0, 0.1) is 0 Å². The molecule has 0 N–H and O–H groups in total. The van der Waals surface area contributed by atoms with E-state index in [1.807, 2.05) is 35.2 Å². The SMILES string of the molecule is O=C(OCc1ccccn1)N1C2CCC1CC(Oc1ccncc1)C2. The van der Waals surface area contributed by atoms with Crippen molar-refractivity contribution in [3.8, 4) is 5.75 Å². The van der Waals surface area contributed by atoms with Crippen molar-refractivity contribution in [3.05, 3.63) is 54.6 Å². The Morgan fingerprint density at radius 1 is 1.08 bits per heavy atom. The van der Waals surface area contributed by atoms with E-state index in [-0.39, 0.29) is 30.9 Å². The quantitative estimate of drug-likeness (QED) is 0.856. The molecular weight excluding hydrogens is 318 g/mol. The fourth-order valence-electron chi connectivity index (χ4n) is 3.82. The van der Waals surface area contributed by atoms with E-state index < -0.39 is 0 Å². The van der Waals surface area contributed by atoms with Gasteiger partial charge in [0.1, 0.15) is 18.5 Å². The first-order chi connectivity index (χ1) is 12.3. The minimum absolute atomic E-state index is 0.139. The van der Waals surface area contributed by atoms with Crippen LogP contribution < -0.4 is 4.74 Å². The van der Waals surface area contributed by atoms with Gasteiger partial charge in [-0.1, -0.05) is 6.07 Å². The van der Waals surface area contributed by atoms with E-state index in [0.717, 1.165) is 37.1 Å². The average molecular weight is 339 g/mol. The average Bonchev–Trinajstić information content (AvgIpc) is 2.92. The van der Waals surface area contributed by atoms with Crippen LogP contribution in [0.4, 0.5) is 4.79 Å².